The average molecular weight is 787 g/mol. The molecular formula is C48H74O5Si2. The van der Waals surface area contributed by atoms with E-state index in [2.05, 4.69) is 79.9 Å². The van der Waals surface area contributed by atoms with Crippen LogP contribution in [-0.4, -0.2) is 48.3 Å². The largest absolute Gasteiger partial charge is 0.508 e. The maximum atomic E-state index is 12.9. The first-order valence-corrected chi connectivity index (χ1v) is 28.1. The number of rotatable bonds is 8. The summed E-state index contributed by atoms with van der Waals surface area (Å²) in [6.45, 7) is 24.2. The molecule has 0 bridgehead atoms. The predicted molar refractivity (Wildman–Crippen MR) is 229 cm³/mol. The number of hydrogen-bond acceptors (Lipinski definition) is 5. The van der Waals surface area contributed by atoms with Gasteiger partial charge in [-0.15, -0.1) is 0 Å². The van der Waals surface area contributed by atoms with Crippen LogP contribution in [0.2, 0.25) is 36.3 Å². The minimum absolute atomic E-state index is 0.102. The van der Waals surface area contributed by atoms with Crippen LogP contribution >= 0.6 is 0 Å². The average Bonchev–Trinajstić information content (AvgIpc) is 3.50. The van der Waals surface area contributed by atoms with E-state index in [1.807, 2.05) is 24.3 Å². The monoisotopic (exact) mass is 787 g/mol. The summed E-state index contributed by atoms with van der Waals surface area (Å²) in [6.07, 6.45) is 14.2. The summed E-state index contributed by atoms with van der Waals surface area (Å²) in [5.74, 6) is 4.09. The molecule has 0 aliphatic heterocycles. The van der Waals surface area contributed by atoms with Gasteiger partial charge in [0, 0.05) is 0 Å². The van der Waals surface area contributed by atoms with Crippen molar-refractivity contribution in [3.8, 4) is 11.5 Å². The van der Waals surface area contributed by atoms with Gasteiger partial charge in [0.15, 0.2) is 16.6 Å². The van der Waals surface area contributed by atoms with Gasteiger partial charge in [0.05, 0.1) is 11.2 Å². The topological polar surface area (TPSA) is 90.2 Å². The smallest absolute Gasteiger partial charge is 0.179 e. The SMILES string of the molecule is CC(C)(C[C@@]1(O)CCC2C3CCc4cc(O)ccc4C3CC[C@@]21C)[Si](C)(C)O[Si](C)(C)C(C)(C)C[C@@]1(O)CCC2C3CCc4cc(O)ccc4C3CC[C@@]21C. The Morgan fingerprint density at radius 3 is 1.36 bits per heavy atom. The van der Waals surface area contributed by atoms with Crippen molar-refractivity contribution >= 4 is 16.6 Å². The van der Waals surface area contributed by atoms with Crippen LogP contribution in [0.15, 0.2) is 36.4 Å². The van der Waals surface area contributed by atoms with Gasteiger partial charge < -0.3 is 24.5 Å². The highest BCUT2D eigenvalue weighted by atomic mass is 28.4. The van der Waals surface area contributed by atoms with E-state index in [0.29, 0.717) is 47.0 Å². The van der Waals surface area contributed by atoms with E-state index in [9.17, 15) is 20.4 Å². The minimum Gasteiger partial charge on any atom is -0.508 e. The molecule has 0 heterocycles. The highest BCUT2D eigenvalue weighted by Gasteiger charge is 2.66. The van der Waals surface area contributed by atoms with E-state index < -0.39 is 27.8 Å². The maximum Gasteiger partial charge on any atom is 0.179 e. The van der Waals surface area contributed by atoms with Crippen LogP contribution in [0.4, 0.5) is 0 Å². The lowest BCUT2D eigenvalue weighted by Gasteiger charge is -2.57. The molecule has 0 aromatic heterocycles. The molecule has 6 aliphatic rings. The molecule has 8 rings (SSSR count). The van der Waals surface area contributed by atoms with Gasteiger partial charge >= 0.3 is 0 Å². The van der Waals surface area contributed by atoms with Crippen LogP contribution in [0.25, 0.3) is 0 Å². The Morgan fingerprint density at radius 1 is 0.600 bits per heavy atom. The Bertz CT molecular complexity index is 1690. The lowest BCUT2D eigenvalue weighted by Crippen LogP contribution is -2.60. The number of phenols is 2. The van der Waals surface area contributed by atoms with Crippen LogP contribution in [-0.2, 0) is 17.0 Å². The third-order valence-electron chi connectivity index (χ3n) is 19.3. The van der Waals surface area contributed by atoms with E-state index in [1.165, 1.54) is 22.3 Å². The highest BCUT2D eigenvalue weighted by molar-refractivity contribution is 6.87. The molecule has 6 unspecified atom stereocenters. The minimum atomic E-state index is -2.38. The molecule has 0 amide bonds. The van der Waals surface area contributed by atoms with E-state index in [1.54, 1.807) is 0 Å². The number of fused-ring (bicyclic) bond motifs is 10. The molecule has 4 N–H and O–H groups in total. The molecule has 0 spiro atoms. The van der Waals surface area contributed by atoms with Crippen LogP contribution in [0.1, 0.15) is 153 Å². The number of hydrogen-bond donors (Lipinski definition) is 4. The Morgan fingerprint density at radius 2 is 0.982 bits per heavy atom. The first-order valence-electron chi connectivity index (χ1n) is 22.3. The summed E-state index contributed by atoms with van der Waals surface area (Å²) in [5.41, 5.74) is 3.94. The van der Waals surface area contributed by atoms with E-state index >= 15 is 0 Å². The quantitative estimate of drug-likeness (QED) is 0.200. The van der Waals surface area contributed by atoms with Gasteiger partial charge in [-0.3, -0.25) is 0 Å². The van der Waals surface area contributed by atoms with Crippen molar-refractivity contribution in [3.63, 3.8) is 0 Å². The van der Waals surface area contributed by atoms with Crippen LogP contribution < -0.4 is 0 Å². The zero-order valence-corrected chi connectivity index (χ0v) is 38.0. The fourth-order valence-corrected chi connectivity index (χ4v) is 23.5. The molecule has 6 aliphatic carbocycles. The van der Waals surface area contributed by atoms with Crippen LogP contribution in [0.5, 0.6) is 11.5 Å². The van der Waals surface area contributed by atoms with Crippen molar-refractivity contribution in [1.29, 1.82) is 0 Å². The molecule has 55 heavy (non-hydrogen) atoms. The van der Waals surface area contributed by atoms with Crippen LogP contribution in [0.3, 0.4) is 0 Å². The Hall–Kier alpha value is -1.65. The predicted octanol–water partition coefficient (Wildman–Crippen LogP) is 11.7. The van der Waals surface area contributed by atoms with Crippen molar-refractivity contribution in [2.24, 2.45) is 34.5 Å². The van der Waals surface area contributed by atoms with Crippen molar-refractivity contribution in [2.75, 3.05) is 0 Å². The molecule has 2 aromatic rings. The summed E-state index contributed by atoms with van der Waals surface area (Å²) < 4.78 is 7.69. The van der Waals surface area contributed by atoms with Gasteiger partial charge in [-0.2, -0.15) is 0 Å². The lowest BCUT2D eigenvalue weighted by molar-refractivity contribution is -0.113. The number of benzene rings is 2. The molecule has 5 nitrogen and oxygen atoms in total. The number of phenolic OH excluding ortho intramolecular Hbond substituents is 2. The van der Waals surface area contributed by atoms with Crippen molar-refractivity contribution in [2.45, 2.75) is 191 Å². The number of aromatic hydroxyl groups is 2. The fourth-order valence-electron chi connectivity index (χ4n) is 14.7. The second kappa shape index (κ2) is 12.9. The molecule has 304 valence electrons. The summed E-state index contributed by atoms with van der Waals surface area (Å²) in [5, 5.41) is 45.9. The molecule has 0 radical (unpaired) electrons. The highest BCUT2D eigenvalue weighted by Crippen LogP contribution is 2.69. The van der Waals surface area contributed by atoms with Gasteiger partial charge in [0.25, 0.3) is 0 Å². The summed E-state index contributed by atoms with van der Waals surface area (Å²) in [7, 11) is -4.77. The normalized spacial score (nSPS) is 38.7. The molecule has 0 saturated heterocycles. The standard InChI is InChI=1S/C48H74O5Si2/c1-43(2,29-47(51)25-21-41-39-15-11-31-27-33(49)13-17-35(31)37(39)19-23-45(41,47)5)54(7,8)53-55(9,10)44(3,4)30-48(52)26-22-42-40-16-12-32-28-34(50)14-18-36(32)38(40)20-24-46(42,48)6/h13-14,17-18,27-28,37-42,49-52H,11-12,15-16,19-26,29-30H2,1-10H3/t37?,38?,39?,40?,41?,42?,45-,46-,47-,48-/m0/s1. The summed E-state index contributed by atoms with van der Waals surface area (Å²) in [4.78, 5) is 0. The van der Waals surface area contributed by atoms with Crippen LogP contribution in [0, 0.1) is 34.5 Å². The molecular weight excluding hydrogens is 713 g/mol. The van der Waals surface area contributed by atoms with Gasteiger partial charge in [-0.25, -0.2) is 0 Å². The van der Waals surface area contributed by atoms with Crippen molar-refractivity contribution in [1.82, 2.24) is 0 Å². The third kappa shape index (κ3) is 6.03. The van der Waals surface area contributed by atoms with E-state index in [-0.39, 0.29) is 20.9 Å². The van der Waals surface area contributed by atoms with E-state index in [0.717, 1.165) is 89.9 Å². The van der Waals surface area contributed by atoms with E-state index in [4.69, 9.17) is 4.12 Å². The third-order valence-corrected chi connectivity index (χ3v) is 30.3. The second-order valence-corrected chi connectivity index (χ2v) is 32.5. The van der Waals surface area contributed by atoms with Crippen molar-refractivity contribution in [3.05, 3.63) is 58.7 Å². The zero-order valence-electron chi connectivity index (χ0n) is 36.0. The summed E-state index contributed by atoms with van der Waals surface area (Å²) in [6, 6.07) is 12.1. The maximum absolute atomic E-state index is 12.9. The lowest BCUT2D eigenvalue weighted by atomic mass is 9.52. The number of aliphatic hydroxyl groups is 2. The fraction of sp³-hybridized carbons (Fsp3) is 0.750. The van der Waals surface area contributed by atoms with Gasteiger partial charge in [-0.05, 0) is 219 Å². The second-order valence-electron chi connectivity index (χ2n) is 22.9. The Balaban J connectivity index is 0.966. The molecule has 4 fully saturated rings. The molecule has 10 atom stereocenters. The van der Waals surface area contributed by atoms with Gasteiger partial charge in [0.1, 0.15) is 11.5 Å². The molecule has 4 saturated carbocycles. The van der Waals surface area contributed by atoms with Crippen molar-refractivity contribution < 1.29 is 24.5 Å². The number of aryl methyl sites for hydroxylation is 2. The zero-order chi connectivity index (χ0) is 39.8. The first-order chi connectivity index (χ1) is 25.5. The van der Waals surface area contributed by atoms with Gasteiger partial charge in [0.2, 0.25) is 0 Å². The Kier molecular flexibility index (Phi) is 9.43. The van der Waals surface area contributed by atoms with Gasteiger partial charge in [-0.1, -0.05) is 53.7 Å². The Labute approximate surface area is 335 Å². The molecule has 2 aromatic carbocycles. The summed E-state index contributed by atoms with van der Waals surface area (Å²) >= 11 is 0. The first kappa shape index (κ1) is 40.1. The molecule has 7 heteroatoms.